The van der Waals surface area contributed by atoms with Crippen molar-refractivity contribution in [3.05, 3.63) is 22.8 Å². The Labute approximate surface area is 96.0 Å². The fraction of sp³-hybridized carbons (Fsp3) is 0.462. The summed E-state index contributed by atoms with van der Waals surface area (Å²) in [6, 6.07) is 2.10. The first-order valence-corrected chi connectivity index (χ1v) is 5.48. The van der Waals surface area contributed by atoms with Crippen LogP contribution in [0.15, 0.2) is 6.07 Å². The van der Waals surface area contributed by atoms with Crippen LogP contribution in [0.1, 0.15) is 23.6 Å². The van der Waals surface area contributed by atoms with Gasteiger partial charge in [0.15, 0.2) is 6.10 Å². The standard InChI is InChI=1S/C13H17NO2/c1-7-6-8(2)12-11(9(7)3)14(5)13(15)10(4)16-12/h6,10H,1-5H3. The minimum Gasteiger partial charge on any atom is -0.478 e. The van der Waals surface area contributed by atoms with E-state index in [0.717, 1.165) is 22.6 Å². The summed E-state index contributed by atoms with van der Waals surface area (Å²) in [6.07, 6.45) is -0.390. The molecule has 1 atom stereocenters. The van der Waals surface area contributed by atoms with E-state index in [0.29, 0.717) is 0 Å². The number of carbonyl (C=O) groups is 1. The van der Waals surface area contributed by atoms with Crippen LogP contribution in [0.5, 0.6) is 5.75 Å². The summed E-state index contributed by atoms with van der Waals surface area (Å²) < 4.78 is 5.69. The van der Waals surface area contributed by atoms with Gasteiger partial charge in [0.2, 0.25) is 0 Å². The molecule has 16 heavy (non-hydrogen) atoms. The summed E-state index contributed by atoms with van der Waals surface area (Å²) in [5.41, 5.74) is 4.31. The number of likely N-dealkylation sites (N-methyl/N-ethyl adjacent to an activating group) is 1. The van der Waals surface area contributed by atoms with Crippen LogP contribution in [0.4, 0.5) is 5.69 Å². The quantitative estimate of drug-likeness (QED) is 0.670. The third-order valence-corrected chi connectivity index (χ3v) is 3.26. The molecule has 1 aromatic carbocycles. The fourth-order valence-electron chi connectivity index (χ4n) is 2.21. The molecule has 0 saturated carbocycles. The molecule has 0 spiro atoms. The van der Waals surface area contributed by atoms with Crippen LogP contribution in [-0.2, 0) is 4.79 Å². The van der Waals surface area contributed by atoms with E-state index in [4.69, 9.17) is 4.74 Å². The Morgan fingerprint density at radius 3 is 2.50 bits per heavy atom. The van der Waals surface area contributed by atoms with Crippen LogP contribution < -0.4 is 9.64 Å². The van der Waals surface area contributed by atoms with Gasteiger partial charge in [0.05, 0.1) is 5.69 Å². The maximum atomic E-state index is 11.9. The predicted molar refractivity (Wildman–Crippen MR) is 64.2 cm³/mol. The minimum atomic E-state index is -0.390. The van der Waals surface area contributed by atoms with Gasteiger partial charge in [-0.15, -0.1) is 0 Å². The van der Waals surface area contributed by atoms with Crippen LogP contribution in [0.3, 0.4) is 0 Å². The Hall–Kier alpha value is -1.51. The molecule has 3 nitrogen and oxygen atoms in total. The first-order valence-electron chi connectivity index (χ1n) is 5.48. The van der Waals surface area contributed by atoms with Gasteiger partial charge in [0, 0.05) is 7.05 Å². The van der Waals surface area contributed by atoms with E-state index in [1.807, 2.05) is 20.9 Å². The average molecular weight is 219 g/mol. The van der Waals surface area contributed by atoms with Crippen molar-refractivity contribution in [2.45, 2.75) is 33.8 Å². The zero-order valence-corrected chi connectivity index (χ0v) is 10.4. The lowest BCUT2D eigenvalue weighted by Crippen LogP contribution is -2.42. The summed E-state index contributed by atoms with van der Waals surface area (Å²) in [7, 11) is 1.81. The predicted octanol–water partition coefficient (Wildman–Crippen LogP) is 2.36. The molecule has 0 aliphatic carbocycles. The van der Waals surface area contributed by atoms with E-state index in [1.165, 1.54) is 5.56 Å². The lowest BCUT2D eigenvalue weighted by atomic mass is 10.0. The molecule has 1 aliphatic rings. The number of amides is 1. The summed E-state index contributed by atoms with van der Waals surface area (Å²) in [6.45, 7) is 7.88. The number of hydrogen-bond donors (Lipinski definition) is 0. The second-order valence-electron chi connectivity index (χ2n) is 4.47. The number of anilines is 1. The molecule has 86 valence electrons. The number of aryl methyl sites for hydroxylation is 2. The van der Waals surface area contributed by atoms with Crippen molar-refractivity contribution in [3.8, 4) is 5.75 Å². The molecule has 2 rings (SSSR count). The lowest BCUT2D eigenvalue weighted by molar-refractivity contribution is -0.125. The number of rotatable bonds is 0. The molecule has 1 aliphatic heterocycles. The third kappa shape index (κ3) is 1.39. The molecule has 1 unspecified atom stereocenters. The number of nitrogens with zero attached hydrogens (tertiary/aromatic N) is 1. The SMILES string of the molecule is Cc1cc(C)c2c(c1C)N(C)C(=O)C(C)O2. The topological polar surface area (TPSA) is 29.5 Å². The number of hydrogen-bond acceptors (Lipinski definition) is 2. The van der Waals surface area contributed by atoms with Gasteiger partial charge in [-0.25, -0.2) is 0 Å². The van der Waals surface area contributed by atoms with Crippen LogP contribution in [-0.4, -0.2) is 19.1 Å². The van der Waals surface area contributed by atoms with Gasteiger partial charge >= 0.3 is 0 Å². The number of fused-ring (bicyclic) bond motifs is 1. The smallest absolute Gasteiger partial charge is 0.267 e. The molecule has 0 fully saturated rings. The number of benzene rings is 1. The highest BCUT2D eigenvalue weighted by atomic mass is 16.5. The first kappa shape index (κ1) is 11.0. The third-order valence-electron chi connectivity index (χ3n) is 3.26. The Morgan fingerprint density at radius 2 is 1.88 bits per heavy atom. The molecule has 0 aromatic heterocycles. The summed E-state index contributed by atoms with van der Waals surface area (Å²) in [5, 5.41) is 0. The van der Waals surface area contributed by atoms with Crippen molar-refractivity contribution in [2.75, 3.05) is 11.9 Å². The molecular formula is C13H17NO2. The van der Waals surface area contributed by atoms with Crippen molar-refractivity contribution in [2.24, 2.45) is 0 Å². The summed E-state index contributed by atoms with van der Waals surface area (Å²) >= 11 is 0. The number of carbonyl (C=O) groups excluding carboxylic acids is 1. The van der Waals surface area contributed by atoms with Crippen molar-refractivity contribution in [1.29, 1.82) is 0 Å². The van der Waals surface area contributed by atoms with E-state index >= 15 is 0 Å². The normalized spacial score (nSPS) is 19.4. The zero-order chi connectivity index (χ0) is 12.0. The van der Waals surface area contributed by atoms with Gasteiger partial charge in [-0.3, -0.25) is 4.79 Å². The average Bonchev–Trinajstić information content (AvgIpc) is 2.22. The number of ether oxygens (including phenoxy) is 1. The lowest BCUT2D eigenvalue weighted by Gasteiger charge is -2.33. The second kappa shape index (κ2) is 3.51. The van der Waals surface area contributed by atoms with Gasteiger partial charge in [0.1, 0.15) is 5.75 Å². The van der Waals surface area contributed by atoms with E-state index < -0.39 is 6.10 Å². The van der Waals surface area contributed by atoms with Crippen LogP contribution >= 0.6 is 0 Å². The van der Waals surface area contributed by atoms with Crippen molar-refractivity contribution in [3.63, 3.8) is 0 Å². The van der Waals surface area contributed by atoms with Crippen molar-refractivity contribution in [1.82, 2.24) is 0 Å². The van der Waals surface area contributed by atoms with E-state index in [2.05, 4.69) is 13.0 Å². The van der Waals surface area contributed by atoms with Gasteiger partial charge < -0.3 is 9.64 Å². The molecule has 0 radical (unpaired) electrons. The van der Waals surface area contributed by atoms with E-state index in [9.17, 15) is 4.79 Å². The molecular weight excluding hydrogens is 202 g/mol. The highest BCUT2D eigenvalue weighted by Gasteiger charge is 2.31. The van der Waals surface area contributed by atoms with Gasteiger partial charge in [-0.1, -0.05) is 6.07 Å². The van der Waals surface area contributed by atoms with Crippen LogP contribution in [0, 0.1) is 20.8 Å². The van der Waals surface area contributed by atoms with Crippen molar-refractivity contribution >= 4 is 11.6 Å². The van der Waals surface area contributed by atoms with E-state index in [-0.39, 0.29) is 5.91 Å². The van der Waals surface area contributed by atoms with Crippen molar-refractivity contribution < 1.29 is 9.53 Å². The molecule has 0 N–H and O–H groups in total. The van der Waals surface area contributed by atoms with Gasteiger partial charge in [-0.05, 0) is 44.4 Å². The summed E-state index contributed by atoms with van der Waals surface area (Å²) in [5.74, 6) is 0.860. The molecule has 0 bridgehead atoms. The first-order chi connectivity index (χ1) is 7.43. The largest absolute Gasteiger partial charge is 0.478 e. The highest BCUT2D eigenvalue weighted by Crippen LogP contribution is 2.40. The fourth-order valence-corrected chi connectivity index (χ4v) is 2.21. The van der Waals surface area contributed by atoms with Gasteiger partial charge in [0.25, 0.3) is 5.91 Å². The molecule has 1 heterocycles. The molecule has 0 saturated heterocycles. The Bertz CT molecular complexity index is 465. The Morgan fingerprint density at radius 1 is 1.25 bits per heavy atom. The van der Waals surface area contributed by atoms with Gasteiger partial charge in [-0.2, -0.15) is 0 Å². The van der Waals surface area contributed by atoms with E-state index in [1.54, 1.807) is 11.8 Å². The monoisotopic (exact) mass is 219 g/mol. The Balaban J connectivity index is 2.70. The zero-order valence-electron chi connectivity index (χ0n) is 10.4. The van der Waals surface area contributed by atoms with Crippen LogP contribution in [0.2, 0.25) is 0 Å². The molecule has 3 heteroatoms. The molecule has 1 amide bonds. The Kier molecular flexibility index (Phi) is 2.41. The van der Waals surface area contributed by atoms with Crippen LogP contribution in [0.25, 0.3) is 0 Å². The molecule has 1 aromatic rings. The maximum Gasteiger partial charge on any atom is 0.267 e. The highest BCUT2D eigenvalue weighted by molar-refractivity contribution is 6.00. The maximum absolute atomic E-state index is 11.9. The minimum absolute atomic E-state index is 0.0144. The second-order valence-corrected chi connectivity index (χ2v) is 4.47. The summed E-state index contributed by atoms with van der Waals surface area (Å²) in [4.78, 5) is 13.6.